The van der Waals surface area contributed by atoms with Crippen LogP contribution in [-0.2, 0) is 9.84 Å². The fraction of sp³-hybridized carbons (Fsp3) is 0.929. The Morgan fingerprint density at radius 2 is 1.65 bits per heavy atom. The Morgan fingerprint density at radius 1 is 1.05 bits per heavy atom. The van der Waals surface area contributed by atoms with Crippen LogP contribution in [0.1, 0.15) is 51.4 Å². The van der Waals surface area contributed by atoms with Crippen molar-refractivity contribution in [2.24, 2.45) is 16.6 Å². The largest absolute Gasteiger partial charge is 0.370 e. The van der Waals surface area contributed by atoms with Gasteiger partial charge in [-0.15, -0.1) is 0 Å². The number of sulfone groups is 1. The van der Waals surface area contributed by atoms with Crippen LogP contribution in [0.5, 0.6) is 0 Å². The van der Waals surface area contributed by atoms with Crippen LogP contribution in [0.4, 0.5) is 0 Å². The fourth-order valence-electron chi connectivity index (χ4n) is 3.03. The topological polar surface area (TPSA) is 84.5 Å². The molecule has 2 rings (SSSR count). The van der Waals surface area contributed by atoms with Gasteiger partial charge in [0.2, 0.25) is 0 Å². The molecule has 0 aromatic carbocycles. The van der Waals surface area contributed by atoms with Crippen molar-refractivity contribution in [1.29, 1.82) is 0 Å². The summed E-state index contributed by atoms with van der Waals surface area (Å²) in [5, 5.41) is 3.32. The summed E-state index contributed by atoms with van der Waals surface area (Å²) in [6.07, 6.45) is 9.00. The third-order valence-electron chi connectivity index (χ3n) is 4.40. The van der Waals surface area contributed by atoms with Crippen LogP contribution in [-0.4, -0.2) is 38.5 Å². The number of nitrogens with two attached hydrogens (primary N) is 1. The summed E-state index contributed by atoms with van der Waals surface area (Å²) in [4.78, 5) is 4.41. The van der Waals surface area contributed by atoms with Crippen molar-refractivity contribution in [1.82, 2.24) is 5.32 Å². The van der Waals surface area contributed by atoms with E-state index in [9.17, 15) is 8.42 Å². The van der Waals surface area contributed by atoms with Gasteiger partial charge in [0.15, 0.2) is 5.96 Å². The minimum absolute atomic E-state index is 0.309. The molecule has 1 aliphatic heterocycles. The van der Waals surface area contributed by atoms with Gasteiger partial charge in [0, 0.05) is 12.6 Å². The van der Waals surface area contributed by atoms with Gasteiger partial charge in [-0.1, -0.05) is 25.7 Å². The second-order valence-corrected chi connectivity index (χ2v) is 8.46. The number of guanidine groups is 1. The van der Waals surface area contributed by atoms with E-state index in [2.05, 4.69) is 10.3 Å². The first-order valence-electron chi connectivity index (χ1n) is 7.82. The van der Waals surface area contributed by atoms with Crippen LogP contribution >= 0.6 is 0 Å². The Balaban J connectivity index is 1.73. The molecule has 1 saturated heterocycles. The zero-order chi connectivity index (χ0) is 14.4. The average molecular weight is 301 g/mol. The van der Waals surface area contributed by atoms with E-state index in [4.69, 9.17) is 5.73 Å². The molecular formula is C14H27N3O2S. The molecule has 1 heterocycles. The van der Waals surface area contributed by atoms with Gasteiger partial charge in [-0.3, -0.25) is 4.99 Å². The van der Waals surface area contributed by atoms with Gasteiger partial charge in [-0.2, -0.15) is 0 Å². The van der Waals surface area contributed by atoms with Crippen LogP contribution in [0.25, 0.3) is 0 Å². The molecule has 0 bridgehead atoms. The molecule has 0 amide bonds. The van der Waals surface area contributed by atoms with Crippen LogP contribution in [0.2, 0.25) is 0 Å². The Kier molecular flexibility index (Phi) is 5.69. The molecule has 116 valence electrons. The van der Waals surface area contributed by atoms with Gasteiger partial charge in [0.25, 0.3) is 0 Å². The molecule has 6 heteroatoms. The summed E-state index contributed by atoms with van der Waals surface area (Å²) in [5.74, 6) is 1.52. The Morgan fingerprint density at radius 3 is 2.25 bits per heavy atom. The lowest BCUT2D eigenvalue weighted by Crippen LogP contribution is -2.40. The molecule has 2 aliphatic rings. The molecule has 0 aromatic rings. The molecule has 0 aromatic heterocycles. The molecule has 0 radical (unpaired) electrons. The Labute approximate surface area is 122 Å². The average Bonchev–Trinajstić information content (AvgIpc) is 2.66. The SMILES string of the molecule is NC(=NCC1CCS(=O)(=O)CC1)NC1CCCCCC1. The monoisotopic (exact) mass is 301 g/mol. The summed E-state index contributed by atoms with van der Waals surface area (Å²) in [6.45, 7) is 0.654. The van der Waals surface area contributed by atoms with Crippen molar-refractivity contribution in [3.8, 4) is 0 Å². The van der Waals surface area contributed by atoms with Gasteiger partial charge in [0.1, 0.15) is 9.84 Å². The van der Waals surface area contributed by atoms with Gasteiger partial charge >= 0.3 is 0 Å². The van der Waals surface area contributed by atoms with Crippen molar-refractivity contribution in [3.05, 3.63) is 0 Å². The smallest absolute Gasteiger partial charge is 0.188 e. The number of nitrogens with one attached hydrogen (secondary N) is 1. The first kappa shape index (κ1) is 15.6. The standard InChI is InChI=1S/C14H27N3O2S/c15-14(17-13-5-3-1-2-4-6-13)16-11-12-7-9-20(18,19)10-8-12/h12-13H,1-11H2,(H3,15,16,17). The molecule has 3 N–H and O–H groups in total. The molecule has 0 unspecified atom stereocenters. The van der Waals surface area contributed by atoms with E-state index in [1.165, 1.54) is 38.5 Å². The highest BCUT2D eigenvalue weighted by molar-refractivity contribution is 7.91. The molecule has 1 saturated carbocycles. The van der Waals surface area contributed by atoms with E-state index in [-0.39, 0.29) is 0 Å². The van der Waals surface area contributed by atoms with Crippen molar-refractivity contribution in [3.63, 3.8) is 0 Å². The van der Waals surface area contributed by atoms with Gasteiger partial charge in [-0.25, -0.2) is 8.42 Å². The molecule has 1 aliphatic carbocycles. The molecule has 2 fully saturated rings. The predicted octanol–water partition coefficient (Wildman–Crippen LogP) is 1.44. The molecule has 5 nitrogen and oxygen atoms in total. The van der Waals surface area contributed by atoms with E-state index in [0.29, 0.717) is 36.0 Å². The van der Waals surface area contributed by atoms with Gasteiger partial charge < -0.3 is 11.1 Å². The lowest BCUT2D eigenvalue weighted by Gasteiger charge is -2.21. The number of hydrogen-bond acceptors (Lipinski definition) is 3. The van der Waals surface area contributed by atoms with Crippen LogP contribution < -0.4 is 11.1 Å². The van der Waals surface area contributed by atoms with Crippen LogP contribution in [0, 0.1) is 5.92 Å². The Hall–Kier alpha value is -0.780. The summed E-state index contributed by atoms with van der Waals surface area (Å²) < 4.78 is 22.7. The summed E-state index contributed by atoms with van der Waals surface area (Å²) in [5.41, 5.74) is 5.95. The van der Waals surface area contributed by atoms with E-state index >= 15 is 0 Å². The quantitative estimate of drug-likeness (QED) is 0.469. The minimum Gasteiger partial charge on any atom is -0.370 e. The first-order valence-corrected chi connectivity index (χ1v) is 9.64. The summed E-state index contributed by atoms with van der Waals surface area (Å²) in [6, 6.07) is 0.466. The fourth-order valence-corrected chi connectivity index (χ4v) is 4.62. The number of hydrogen-bond donors (Lipinski definition) is 2. The lowest BCUT2D eigenvalue weighted by atomic mass is 10.0. The van der Waals surface area contributed by atoms with Crippen molar-refractivity contribution in [2.45, 2.75) is 57.4 Å². The molecular weight excluding hydrogens is 274 g/mol. The highest BCUT2D eigenvalue weighted by Gasteiger charge is 2.23. The van der Waals surface area contributed by atoms with E-state index < -0.39 is 9.84 Å². The highest BCUT2D eigenvalue weighted by atomic mass is 32.2. The van der Waals surface area contributed by atoms with Crippen LogP contribution in [0.3, 0.4) is 0 Å². The number of nitrogens with zero attached hydrogens (tertiary/aromatic N) is 1. The first-order chi connectivity index (χ1) is 9.55. The number of rotatable bonds is 3. The normalized spacial score (nSPS) is 26.1. The van der Waals surface area contributed by atoms with Crippen molar-refractivity contribution >= 4 is 15.8 Å². The second-order valence-electron chi connectivity index (χ2n) is 6.15. The predicted molar refractivity (Wildman–Crippen MR) is 82.5 cm³/mol. The zero-order valence-electron chi connectivity index (χ0n) is 12.2. The van der Waals surface area contributed by atoms with Crippen molar-refractivity contribution < 1.29 is 8.42 Å². The van der Waals surface area contributed by atoms with Gasteiger partial charge in [-0.05, 0) is 31.6 Å². The third-order valence-corrected chi connectivity index (χ3v) is 6.12. The van der Waals surface area contributed by atoms with Crippen LogP contribution in [0.15, 0.2) is 4.99 Å². The minimum atomic E-state index is -2.78. The summed E-state index contributed by atoms with van der Waals surface area (Å²) in [7, 11) is -2.78. The van der Waals surface area contributed by atoms with E-state index in [1.807, 2.05) is 0 Å². The zero-order valence-corrected chi connectivity index (χ0v) is 13.0. The number of aliphatic imine (C=N–C) groups is 1. The maximum Gasteiger partial charge on any atom is 0.188 e. The molecule has 0 spiro atoms. The van der Waals surface area contributed by atoms with Gasteiger partial charge in [0.05, 0.1) is 11.5 Å². The highest BCUT2D eigenvalue weighted by Crippen LogP contribution is 2.19. The van der Waals surface area contributed by atoms with E-state index in [0.717, 1.165) is 12.8 Å². The van der Waals surface area contributed by atoms with E-state index in [1.54, 1.807) is 0 Å². The maximum atomic E-state index is 11.4. The second kappa shape index (κ2) is 7.29. The van der Waals surface area contributed by atoms with Crippen molar-refractivity contribution in [2.75, 3.05) is 18.1 Å². The maximum absolute atomic E-state index is 11.4. The Bertz CT molecular complexity index is 412. The summed E-state index contributed by atoms with van der Waals surface area (Å²) >= 11 is 0. The lowest BCUT2D eigenvalue weighted by molar-refractivity contribution is 0.472. The molecule has 20 heavy (non-hydrogen) atoms. The molecule has 0 atom stereocenters. The third kappa shape index (κ3) is 5.31.